The van der Waals surface area contributed by atoms with E-state index in [1.54, 1.807) is 32.1 Å². The van der Waals surface area contributed by atoms with Crippen molar-refractivity contribution >= 4 is 23.9 Å². The first kappa shape index (κ1) is 34.3. The lowest BCUT2D eigenvalue weighted by atomic mass is 9.86. The molecule has 0 radical (unpaired) electrons. The summed E-state index contributed by atoms with van der Waals surface area (Å²) in [6.45, 7) is 15.1. The van der Waals surface area contributed by atoms with Gasteiger partial charge in [-0.15, -0.1) is 0 Å². The lowest BCUT2D eigenvalue weighted by Crippen LogP contribution is -2.42. The van der Waals surface area contributed by atoms with Crippen molar-refractivity contribution in [2.75, 3.05) is 39.6 Å². The summed E-state index contributed by atoms with van der Waals surface area (Å²) in [5.74, 6) is -3.64. The van der Waals surface area contributed by atoms with E-state index in [-0.39, 0.29) is 52.5 Å². The molecule has 39 heavy (non-hydrogen) atoms. The van der Waals surface area contributed by atoms with Gasteiger partial charge in [0.2, 0.25) is 0 Å². The van der Waals surface area contributed by atoms with E-state index in [0.717, 1.165) is 6.08 Å². The van der Waals surface area contributed by atoms with Crippen LogP contribution in [-0.4, -0.2) is 63.5 Å². The van der Waals surface area contributed by atoms with Crippen molar-refractivity contribution in [3.05, 3.63) is 49.1 Å². The number of nitrogens with zero attached hydrogens (tertiary/aromatic N) is 3. The molecule has 0 bridgehead atoms. The molecule has 0 aliphatic rings. The second kappa shape index (κ2) is 16.9. The van der Waals surface area contributed by atoms with Crippen molar-refractivity contribution in [3.63, 3.8) is 0 Å². The maximum atomic E-state index is 12.0. The molecule has 1 unspecified atom stereocenters. The smallest absolute Gasteiger partial charge is 0.348 e. The summed E-state index contributed by atoms with van der Waals surface area (Å²) < 4.78 is 26.6. The Morgan fingerprint density at radius 3 is 1.21 bits per heavy atom. The number of nitriles is 3. The fourth-order valence-corrected chi connectivity index (χ4v) is 2.68. The fourth-order valence-electron chi connectivity index (χ4n) is 2.68. The van der Waals surface area contributed by atoms with E-state index < -0.39 is 51.4 Å². The summed E-state index contributed by atoms with van der Waals surface area (Å²) >= 11 is 0. The lowest BCUT2D eigenvalue weighted by molar-refractivity contribution is -0.158. The Bertz CT molecular complexity index is 1080. The van der Waals surface area contributed by atoms with Crippen molar-refractivity contribution in [3.8, 4) is 18.2 Å². The van der Waals surface area contributed by atoms with Gasteiger partial charge in [-0.25, -0.2) is 19.2 Å². The summed E-state index contributed by atoms with van der Waals surface area (Å²) in [5.41, 5.74) is -3.51. The van der Waals surface area contributed by atoms with E-state index in [1.807, 2.05) is 0 Å². The third kappa shape index (κ3) is 11.5. The monoisotopic (exact) mass is 541 g/mol. The summed E-state index contributed by atoms with van der Waals surface area (Å²) in [5, 5.41) is 26.6. The molecule has 0 saturated heterocycles. The van der Waals surface area contributed by atoms with Crippen LogP contribution in [0.2, 0.25) is 0 Å². The summed E-state index contributed by atoms with van der Waals surface area (Å²) in [4.78, 5) is 47.8. The quantitative estimate of drug-likeness (QED) is 0.107. The first-order valence-electron chi connectivity index (χ1n) is 11.5. The van der Waals surface area contributed by atoms with Crippen LogP contribution in [0.1, 0.15) is 26.7 Å². The van der Waals surface area contributed by atoms with Crippen LogP contribution >= 0.6 is 0 Å². The molecule has 0 saturated carbocycles. The Kier molecular flexibility index (Phi) is 14.9. The molecule has 0 amide bonds. The minimum Gasteiger partial charge on any atom is -0.462 e. The molecule has 0 heterocycles. The predicted octanol–water partition coefficient (Wildman–Crippen LogP) is 2.39. The van der Waals surface area contributed by atoms with Crippen LogP contribution in [0.15, 0.2) is 49.1 Å². The highest BCUT2D eigenvalue weighted by Gasteiger charge is 2.37. The van der Waals surface area contributed by atoms with E-state index in [0.29, 0.717) is 0 Å². The van der Waals surface area contributed by atoms with Gasteiger partial charge in [-0.3, -0.25) is 0 Å². The van der Waals surface area contributed by atoms with Gasteiger partial charge in [0.25, 0.3) is 0 Å². The maximum absolute atomic E-state index is 12.0. The van der Waals surface area contributed by atoms with Gasteiger partial charge in [0.1, 0.15) is 61.4 Å². The van der Waals surface area contributed by atoms with Crippen molar-refractivity contribution < 1.29 is 42.9 Å². The van der Waals surface area contributed by atoms with Gasteiger partial charge in [0.15, 0.2) is 0 Å². The van der Waals surface area contributed by atoms with Crippen molar-refractivity contribution in [2.45, 2.75) is 26.7 Å². The minimum absolute atomic E-state index is 0.153. The van der Waals surface area contributed by atoms with E-state index in [9.17, 15) is 19.2 Å². The van der Waals surface area contributed by atoms with E-state index in [4.69, 9.17) is 39.5 Å². The third-order valence-electron chi connectivity index (χ3n) is 5.68. The van der Waals surface area contributed by atoms with Crippen LogP contribution in [0, 0.1) is 44.8 Å². The molecule has 0 aliphatic carbocycles. The van der Waals surface area contributed by atoms with Gasteiger partial charge in [-0.1, -0.05) is 40.2 Å². The number of hydrogen-bond donors (Lipinski definition) is 0. The second-order valence-electron chi connectivity index (χ2n) is 8.51. The van der Waals surface area contributed by atoms with Gasteiger partial charge in [-0.2, -0.15) is 15.8 Å². The molecule has 208 valence electrons. The highest BCUT2D eigenvalue weighted by molar-refractivity contribution is 5.92. The molecule has 0 N–H and O–H groups in total. The van der Waals surface area contributed by atoms with Crippen LogP contribution in [-0.2, 0) is 42.9 Å². The topological polar surface area (TPSA) is 186 Å². The van der Waals surface area contributed by atoms with Crippen molar-refractivity contribution in [1.29, 1.82) is 15.8 Å². The molecule has 1 atom stereocenters. The largest absolute Gasteiger partial charge is 0.462 e. The average Bonchev–Trinajstić information content (AvgIpc) is 2.97. The first-order chi connectivity index (χ1) is 18.4. The van der Waals surface area contributed by atoms with Crippen LogP contribution in [0.3, 0.4) is 0 Å². The minimum atomic E-state index is -1.14. The van der Waals surface area contributed by atoms with E-state index in [2.05, 4.69) is 26.3 Å². The van der Waals surface area contributed by atoms with Gasteiger partial charge < -0.3 is 23.7 Å². The van der Waals surface area contributed by atoms with E-state index in [1.165, 1.54) is 0 Å². The number of carbonyl (C=O) groups is 4. The summed E-state index contributed by atoms with van der Waals surface area (Å²) in [7, 11) is 0. The molecule has 0 aromatic carbocycles. The Hall–Kier alpha value is -4.73. The summed E-state index contributed by atoms with van der Waals surface area (Å²) in [6, 6.07) is 4.74. The van der Waals surface area contributed by atoms with Gasteiger partial charge in [-0.05, 0) is 12.8 Å². The van der Waals surface area contributed by atoms with Gasteiger partial charge in [0, 0.05) is 6.08 Å². The first-order valence-corrected chi connectivity index (χ1v) is 11.5. The van der Waals surface area contributed by atoms with Crippen molar-refractivity contribution in [1.82, 2.24) is 0 Å². The number of ether oxygens (including phenoxy) is 5. The van der Waals surface area contributed by atoms with Gasteiger partial charge in [0.05, 0.1) is 24.0 Å². The molecule has 0 aromatic rings. The van der Waals surface area contributed by atoms with Crippen LogP contribution in [0.4, 0.5) is 0 Å². The van der Waals surface area contributed by atoms with Gasteiger partial charge >= 0.3 is 23.9 Å². The Balaban J connectivity index is 5.87. The molecule has 0 aliphatic heterocycles. The SMILES string of the molecule is C=CC(=O)OCC(CC)(COCC(CC)(COC(=O)C(=C)C#N)COC(=O)C(=C)C#N)COC(=O)C(=C)C#N. The summed E-state index contributed by atoms with van der Waals surface area (Å²) in [6.07, 6.45) is 1.49. The molecule has 12 heteroatoms. The number of carbonyl (C=O) groups excluding carboxylic acids is 4. The highest BCUT2D eigenvalue weighted by Crippen LogP contribution is 2.29. The van der Waals surface area contributed by atoms with Crippen LogP contribution in [0.25, 0.3) is 0 Å². The molecule has 0 aromatic heterocycles. The highest BCUT2D eigenvalue weighted by atomic mass is 16.6. The zero-order chi connectivity index (χ0) is 30.1. The number of rotatable bonds is 18. The zero-order valence-corrected chi connectivity index (χ0v) is 22.1. The fraction of sp³-hybridized carbons (Fsp3) is 0.444. The maximum Gasteiger partial charge on any atom is 0.348 e. The van der Waals surface area contributed by atoms with Crippen molar-refractivity contribution in [2.24, 2.45) is 10.8 Å². The Morgan fingerprint density at radius 1 is 0.641 bits per heavy atom. The van der Waals surface area contributed by atoms with Crippen LogP contribution in [0.5, 0.6) is 0 Å². The van der Waals surface area contributed by atoms with Crippen LogP contribution < -0.4 is 0 Å². The molecule has 0 spiro atoms. The normalized spacial score (nSPS) is 11.7. The molecule has 12 nitrogen and oxygen atoms in total. The van der Waals surface area contributed by atoms with E-state index >= 15 is 0 Å². The molecular formula is C27H31N3O9. The average molecular weight is 542 g/mol. The number of hydrogen-bond acceptors (Lipinski definition) is 12. The second-order valence-corrected chi connectivity index (χ2v) is 8.51. The number of esters is 4. The molecule has 0 fully saturated rings. The standard InChI is InChI=1S/C27H31N3O9/c1-7-22(31)36-15-26(8-2,16-37-23(32)19(4)10-28)13-35-14-27(9-3,17-38-24(33)20(5)11-29)18-39-25(34)21(6)12-30/h7H,1,4-6,8-9,13-18H2,2-3H3. The zero-order valence-electron chi connectivity index (χ0n) is 22.1. The lowest BCUT2D eigenvalue weighted by Gasteiger charge is -2.35. The molecule has 0 rings (SSSR count). The predicted molar refractivity (Wildman–Crippen MR) is 135 cm³/mol. The Morgan fingerprint density at radius 2 is 0.949 bits per heavy atom. The molecular weight excluding hydrogens is 510 g/mol. The Labute approximate surface area is 227 Å². The third-order valence-corrected chi connectivity index (χ3v) is 5.68.